The van der Waals surface area contributed by atoms with E-state index in [0.29, 0.717) is 5.88 Å². The fourth-order valence-electron chi connectivity index (χ4n) is 3.06. The summed E-state index contributed by atoms with van der Waals surface area (Å²) in [6.07, 6.45) is 7.03. The van der Waals surface area contributed by atoms with E-state index in [1.54, 1.807) is 7.11 Å². The second-order valence-electron chi connectivity index (χ2n) is 5.60. The molecule has 0 amide bonds. The molecule has 0 aliphatic heterocycles. The van der Waals surface area contributed by atoms with Crippen LogP contribution in [0.25, 0.3) is 11.4 Å². The Hall–Kier alpha value is -2.76. The van der Waals surface area contributed by atoms with Gasteiger partial charge in [-0.1, -0.05) is 17.3 Å². The number of hydrogen-bond acceptors (Lipinski definition) is 5. The van der Waals surface area contributed by atoms with Gasteiger partial charge in [-0.15, -0.1) is 5.10 Å². The Morgan fingerprint density at radius 3 is 3.04 bits per heavy atom. The number of aryl methyl sites for hydroxylation is 1. The van der Waals surface area contributed by atoms with Crippen LogP contribution in [0.4, 0.5) is 0 Å². The molecule has 0 aromatic carbocycles. The molecule has 0 bridgehead atoms. The van der Waals surface area contributed by atoms with Crippen LogP contribution in [-0.4, -0.2) is 32.1 Å². The van der Waals surface area contributed by atoms with Gasteiger partial charge >= 0.3 is 0 Å². The minimum absolute atomic E-state index is 0.145. The van der Waals surface area contributed by atoms with Crippen molar-refractivity contribution in [2.45, 2.75) is 25.3 Å². The van der Waals surface area contributed by atoms with Gasteiger partial charge < -0.3 is 4.74 Å². The molecule has 0 unspecified atom stereocenters. The fourth-order valence-corrected chi connectivity index (χ4v) is 3.06. The zero-order valence-corrected chi connectivity index (χ0v) is 12.9. The number of fused-ring (bicyclic) bond motifs is 1. The van der Waals surface area contributed by atoms with E-state index in [4.69, 9.17) is 4.74 Å². The third kappa shape index (κ3) is 2.56. The SMILES string of the molecule is COc1cccc(-c2cn([C@H]3CCCc4cccnc43)nn2)n1. The molecule has 6 heteroatoms. The highest BCUT2D eigenvalue weighted by Crippen LogP contribution is 2.31. The maximum absolute atomic E-state index is 5.17. The molecule has 0 saturated heterocycles. The lowest BCUT2D eigenvalue weighted by molar-refractivity contribution is 0.398. The Morgan fingerprint density at radius 1 is 1.17 bits per heavy atom. The highest BCUT2D eigenvalue weighted by Gasteiger charge is 2.24. The van der Waals surface area contributed by atoms with Gasteiger partial charge in [-0.2, -0.15) is 0 Å². The van der Waals surface area contributed by atoms with Crippen molar-refractivity contribution < 1.29 is 4.74 Å². The summed E-state index contributed by atoms with van der Waals surface area (Å²) in [7, 11) is 1.60. The predicted molar refractivity (Wildman–Crippen MR) is 85.1 cm³/mol. The van der Waals surface area contributed by atoms with E-state index >= 15 is 0 Å². The Kier molecular flexibility index (Phi) is 3.49. The molecule has 0 N–H and O–H groups in total. The lowest BCUT2D eigenvalue weighted by atomic mass is 9.92. The van der Waals surface area contributed by atoms with Crippen molar-refractivity contribution in [2.75, 3.05) is 7.11 Å². The van der Waals surface area contributed by atoms with E-state index < -0.39 is 0 Å². The lowest BCUT2D eigenvalue weighted by Gasteiger charge is -2.23. The second-order valence-corrected chi connectivity index (χ2v) is 5.60. The number of nitrogens with zero attached hydrogens (tertiary/aromatic N) is 5. The first-order valence-corrected chi connectivity index (χ1v) is 7.72. The molecule has 0 fully saturated rings. The van der Waals surface area contributed by atoms with Gasteiger partial charge in [-0.05, 0) is 37.0 Å². The van der Waals surface area contributed by atoms with Gasteiger partial charge in [-0.25, -0.2) is 9.67 Å². The molecule has 0 spiro atoms. The molecule has 23 heavy (non-hydrogen) atoms. The summed E-state index contributed by atoms with van der Waals surface area (Å²) in [6.45, 7) is 0. The standard InChI is InChI=1S/C17H17N5O/c1-23-16-9-3-7-13(19-16)14-11-22(21-20-14)15-8-2-5-12-6-4-10-18-17(12)15/h3-4,6-7,9-11,15H,2,5,8H2,1H3/t15-/m0/s1. The van der Waals surface area contributed by atoms with E-state index in [1.807, 2.05) is 41.3 Å². The molecule has 1 aliphatic rings. The van der Waals surface area contributed by atoms with Crippen molar-refractivity contribution in [1.82, 2.24) is 25.0 Å². The molecule has 3 heterocycles. The Labute approximate surface area is 134 Å². The molecule has 1 atom stereocenters. The van der Waals surface area contributed by atoms with Gasteiger partial charge in [0.1, 0.15) is 5.69 Å². The summed E-state index contributed by atoms with van der Waals surface area (Å²) in [5.41, 5.74) is 3.91. The Morgan fingerprint density at radius 2 is 2.13 bits per heavy atom. The van der Waals surface area contributed by atoms with Crippen molar-refractivity contribution in [2.24, 2.45) is 0 Å². The number of pyridine rings is 2. The zero-order chi connectivity index (χ0) is 15.6. The molecule has 3 aromatic heterocycles. The number of methoxy groups -OCH3 is 1. The van der Waals surface area contributed by atoms with Gasteiger partial charge in [0, 0.05) is 12.3 Å². The van der Waals surface area contributed by atoms with E-state index in [-0.39, 0.29) is 6.04 Å². The number of rotatable bonds is 3. The van der Waals surface area contributed by atoms with Crippen LogP contribution in [-0.2, 0) is 6.42 Å². The van der Waals surface area contributed by atoms with Crippen LogP contribution in [0, 0.1) is 0 Å². The summed E-state index contributed by atoms with van der Waals surface area (Å²) in [6, 6.07) is 9.91. The van der Waals surface area contributed by atoms with Gasteiger partial charge in [0.15, 0.2) is 0 Å². The molecule has 0 radical (unpaired) electrons. The van der Waals surface area contributed by atoms with Crippen LogP contribution in [0.1, 0.15) is 30.1 Å². The molecular formula is C17H17N5O. The highest BCUT2D eigenvalue weighted by atomic mass is 16.5. The second kappa shape index (κ2) is 5.79. The van der Waals surface area contributed by atoms with Crippen molar-refractivity contribution in [1.29, 1.82) is 0 Å². The third-order valence-electron chi connectivity index (χ3n) is 4.19. The average Bonchev–Trinajstić information content (AvgIpc) is 3.11. The summed E-state index contributed by atoms with van der Waals surface area (Å²) in [5, 5.41) is 8.59. The van der Waals surface area contributed by atoms with Gasteiger partial charge in [0.2, 0.25) is 5.88 Å². The van der Waals surface area contributed by atoms with Crippen LogP contribution in [0.5, 0.6) is 5.88 Å². The molecule has 0 saturated carbocycles. The minimum Gasteiger partial charge on any atom is -0.481 e. The normalized spacial score (nSPS) is 16.8. The quantitative estimate of drug-likeness (QED) is 0.744. The first-order chi connectivity index (χ1) is 11.3. The van der Waals surface area contributed by atoms with Crippen LogP contribution < -0.4 is 4.74 Å². The van der Waals surface area contributed by atoms with Crippen molar-refractivity contribution in [3.63, 3.8) is 0 Å². The molecule has 116 valence electrons. The smallest absolute Gasteiger partial charge is 0.213 e. The molecule has 4 rings (SSSR count). The topological polar surface area (TPSA) is 65.7 Å². The minimum atomic E-state index is 0.145. The summed E-state index contributed by atoms with van der Waals surface area (Å²) >= 11 is 0. The Balaban J connectivity index is 1.69. The van der Waals surface area contributed by atoms with Gasteiger partial charge in [0.25, 0.3) is 0 Å². The summed E-state index contributed by atoms with van der Waals surface area (Å²) in [5.74, 6) is 0.571. The first kappa shape index (κ1) is 13.9. The number of hydrogen-bond donors (Lipinski definition) is 0. The highest BCUT2D eigenvalue weighted by molar-refractivity contribution is 5.53. The van der Waals surface area contributed by atoms with E-state index in [0.717, 1.165) is 36.3 Å². The molecule has 3 aromatic rings. The number of ether oxygens (including phenoxy) is 1. The Bertz CT molecular complexity index is 829. The number of aromatic nitrogens is 5. The fraction of sp³-hybridized carbons (Fsp3) is 0.294. The molecule has 1 aliphatic carbocycles. The maximum atomic E-state index is 5.17. The van der Waals surface area contributed by atoms with Crippen molar-refractivity contribution in [3.05, 3.63) is 54.0 Å². The van der Waals surface area contributed by atoms with Crippen LogP contribution in [0.15, 0.2) is 42.7 Å². The lowest BCUT2D eigenvalue weighted by Crippen LogP contribution is -2.19. The average molecular weight is 307 g/mol. The van der Waals surface area contributed by atoms with Crippen LogP contribution in [0.2, 0.25) is 0 Å². The third-order valence-corrected chi connectivity index (χ3v) is 4.19. The predicted octanol–water partition coefficient (Wildman–Crippen LogP) is 2.67. The van der Waals surface area contributed by atoms with Crippen molar-refractivity contribution >= 4 is 0 Å². The van der Waals surface area contributed by atoms with E-state index in [9.17, 15) is 0 Å². The zero-order valence-electron chi connectivity index (χ0n) is 12.9. The van der Waals surface area contributed by atoms with Crippen LogP contribution in [0.3, 0.4) is 0 Å². The maximum Gasteiger partial charge on any atom is 0.213 e. The first-order valence-electron chi connectivity index (χ1n) is 7.72. The van der Waals surface area contributed by atoms with Crippen molar-refractivity contribution in [3.8, 4) is 17.3 Å². The van der Waals surface area contributed by atoms with Crippen LogP contribution >= 0.6 is 0 Å². The largest absolute Gasteiger partial charge is 0.481 e. The monoisotopic (exact) mass is 307 g/mol. The van der Waals surface area contributed by atoms with Gasteiger partial charge in [-0.3, -0.25) is 4.98 Å². The summed E-state index contributed by atoms with van der Waals surface area (Å²) in [4.78, 5) is 8.97. The van der Waals surface area contributed by atoms with E-state index in [1.165, 1.54) is 5.56 Å². The van der Waals surface area contributed by atoms with Gasteiger partial charge in [0.05, 0.1) is 30.7 Å². The van der Waals surface area contributed by atoms with E-state index in [2.05, 4.69) is 26.3 Å². The molecule has 6 nitrogen and oxygen atoms in total. The molecular weight excluding hydrogens is 290 g/mol. The summed E-state index contributed by atoms with van der Waals surface area (Å²) < 4.78 is 7.07.